The molecule has 0 aromatic heterocycles. The molecule has 0 aromatic rings. The second kappa shape index (κ2) is 6.70. The van der Waals surface area contributed by atoms with Gasteiger partial charge in [0.1, 0.15) is 0 Å². The van der Waals surface area contributed by atoms with Crippen LogP contribution < -0.4 is 0 Å². The minimum absolute atomic E-state index is 0.0389. The van der Waals surface area contributed by atoms with Crippen LogP contribution in [0.3, 0.4) is 0 Å². The summed E-state index contributed by atoms with van der Waals surface area (Å²) in [5.41, 5.74) is 0.899. The zero-order valence-electron chi connectivity index (χ0n) is 19.7. The smallest absolute Gasteiger partial charge is 0.171 e. The fourth-order valence-electron chi connectivity index (χ4n) is 10.3. The molecule has 3 nitrogen and oxygen atoms in total. The van der Waals surface area contributed by atoms with E-state index in [1.165, 1.54) is 44.9 Å². The Bertz CT molecular complexity index is 684. The number of aliphatic hydroxyl groups is 1. The van der Waals surface area contributed by atoms with Gasteiger partial charge in [-0.05, 0) is 104 Å². The third-order valence-corrected chi connectivity index (χ3v) is 11.9. The van der Waals surface area contributed by atoms with Crippen molar-refractivity contribution in [3.8, 4) is 0 Å². The first-order valence-corrected chi connectivity index (χ1v) is 13.3. The van der Waals surface area contributed by atoms with Crippen molar-refractivity contribution >= 4 is 0 Å². The summed E-state index contributed by atoms with van der Waals surface area (Å²) < 4.78 is 13.4. The van der Waals surface area contributed by atoms with Crippen molar-refractivity contribution in [2.75, 3.05) is 6.61 Å². The third kappa shape index (κ3) is 2.61. The summed E-state index contributed by atoms with van der Waals surface area (Å²) in [6.45, 7) is 10.9. The molecule has 0 bridgehead atoms. The van der Waals surface area contributed by atoms with Gasteiger partial charge in [0.15, 0.2) is 5.79 Å². The van der Waals surface area contributed by atoms with Crippen molar-refractivity contribution in [2.45, 2.75) is 110 Å². The number of ether oxygens (including phenoxy) is 2. The molecule has 2 heterocycles. The van der Waals surface area contributed by atoms with Crippen LogP contribution in [0.25, 0.3) is 0 Å². The van der Waals surface area contributed by atoms with E-state index in [1.54, 1.807) is 0 Å². The van der Waals surface area contributed by atoms with Crippen molar-refractivity contribution in [2.24, 2.45) is 52.3 Å². The van der Waals surface area contributed by atoms with Crippen LogP contribution >= 0.6 is 0 Å². The maximum atomic E-state index is 10.3. The summed E-state index contributed by atoms with van der Waals surface area (Å²) >= 11 is 0. The highest BCUT2D eigenvalue weighted by Gasteiger charge is 2.69. The number of aliphatic hydroxyl groups excluding tert-OH is 1. The standard InChI is InChI=1S/C27H44O3/c1-16-7-12-27(29-15-16)17(2)24-23(30-27)14-22-20-6-5-18-13-19(28)8-10-25(18,3)21(20)9-11-26(22,24)4/h16-24,28H,5-15H2,1-4H3/t16?,17-,18+,19-,20?,21?,22?,23-,24?,25-,26-,27?/m0/s1. The van der Waals surface area contributed by atoms with Gasteiger partial charge in [-0.3, -0.25) is 0 Å². The highest BCUT2D eigenvalue weighted by Crippen LogP contribution is 2.71. The summed E-state index contributed by atoms with van der Waals surface area (Å²) in [7, 11) is 0. The van der Waals surface area contributed by atoms with Gasteiger partial charge in [0.05, 0.1) is 18.8 Å². The molecule has 30 heavy (non-hydrogen) atoms. The molecular formula is C27H44O3. The van der Waals surface area contributed by atoms with Gasteiger partial charge < -0.3 is 14.6 Å². The average molecular weight is 417 g/mol. The molecule has 4 saturated carbocycles. The Morgan fingerprint density at radius 2 is 1.63 bits per heavy atom. The van der Waals surface area contributed by atoms with Gasteiger partial charge >= 0.3 is 0 Å². The normalized spacial score (nSPS) is 62.5. The van der Waals surface area contributed by atoms with Crippen LogP contribution in [-0.4, -0.2) is 29.7 Å². The van der Waals surface area contributed by atoms with Crippen molar-refractivity contribution < 1.29 is 14.6 Å². The lowest BCUT2D eigenvalue weighted by molar-refractivity contribution is -0.273. The molecular weight excluding hydrogens is 372 g/mol. The molecule has 0 amide bonds. The molecule has 0 radical (unpaired) electrons. The summed E-state index contributed by atoms with van der Waals surface area (Å²) in [6, 6.07) is 0. The maximum Gasteiger partial charge on any atom is 0.171 e. The van der Waals surface area contributed by atoms with Crippen molar-refractivity contribution in [1.82, 2.24) is 0 Å². The van der Waals surface area contributed by atoms with Crippen molar-refractivity contribution in [3.63, 3.8) is 0 Å². The van der Waals surface area contributed by atoms with Crippen LogP contribution in [0.4, 0.5) is 0 Å². The average Bonchev–Trinajstić information content (AvgIpc) is 3.16. The Labute approximate surface area is 183 Å². The van der Waals surface area contributed by atoms with E-state index < -0.39 is 0 Å². The van der Waals surface area contributed by atoms with E-state index in [0.29, 0.717) is 34.7 Å². The molecule has 6 rings (SSSR count). The molecule has 6 unspecified atom stereocenters. The highest BCUT2D eigenvalue weighted by atomic mass is 16.7. The van der Waals surface area contributed by atoms with Crippen LogP contribution in [0.2, 0.25) is 0 Å². The largest absolute Gasteiger partial charge is 0.393 e. The zero-order valence-corrected chi connectivity index (χ0v) is 19.7. The molecule has 0 aromatic carbocycles. The van der Waals surface area contributed by atoms with Crippen molar-refractivity contribution in [1.29, 1.82) is 0 Å². The molecule has 2 aliphatic heterocycles. The first-order valence-electron chi connectivity index (χ1n) is 13.3. The summed E-state index contributed by atoms with van der Waals surface area (Å²) in [6.07, 6.45) is 12.9. The lowest BCUT2D eigenvalue weighted by Gasteiger charge is -2.61. The van der Waals surface area contributed by atoms with Gasteiger partial charge in [-0.2, -0.15) is 0 Å². The maximum absolute atomic E-state index is 10.3. The topological polar surface area (TPSA) is 38.7 Å². The molecule has 170 valence electrons. The van der Waals surface area contributed by atoms with Crippen LogP contribution in [0.1, 0.15) is 91.9 Å². The Morgan fingerprint density at radius 1 is 0.833 bits per heavy atom. The molecule has 3 heteroatoms. The summed E-state index contributed by atoms with van der Waals surface area (Å²) in [4.78, 5) is 0. The number of fused-ring (bicyclic) bond motifs is 7. The van der Waals surface area contributed by atoms with Gasteiger partial charge in [0.25, 0.3) is 0 Å². The van der Waals surface area contributed by atoms with E-state index in [1.807, 2.05) is 0 Å². The number of hydrogen-bond donors (Lipinski definition) is 1. The van der Waals surface area contributed by atoms with E-state index >= 15 is 0 Å². The van der Waals surface area contributed by atoms with Crippen LogP contribution in [0.15, 0.2) is 0 Å². The molecule has 4 aliphatic carbocycles. The Hall–Kier alpha value is -0.120. The van der Waals surface area contributed by atoms with Gasteiger partial charge in [-0.25, -0.2) is 0 Å². The predicted molar refractivity (Wildman–Crippen MR) is 118 cm³/mol. The molecule has 2 saturated heterocycles. The fourth-order valence-corrected chi connectivity index (χ4v) is 10.3. The van der Waals surface area contributed by atoms with Crippen molar-refractivity contribution in [3.05, 3.63) is 0 Å². The van der Waals surface area contributed by atoms with Gasteiger partial charge in [-0.15, -0.1) is 0 Å². The quantitative estimate of drug-likeness (QED) is 0.543. The SMILES string of the molecule is CC1CCC2(OC1)O[C@H]1CC3C4CC[C@@H]5C[C@@H](O)CC[C@]5(C)C4CC[C@]3(C)C1[C@@H]2C. The highest BCUT2D eigenvalue weighted by molar-refractivity contribution is 5.15. The molecule has 6 fully saturated rings. The Kier molecular flexibility index (Phi) is 4.58. The Morgan fingerprint density at radius 3 is 2.40 bits per heavy atom. The molecule has 1 spiro atoms. The predicted octanol–water partition coefficient (Wildman–Crippen LogP) is 5.79. The van der Waals surface area contributed by atoms with E-state index in [4.69, 9.17) is 9.47 Å². The summed E-state index contributed by atoms with van der Waals surface area (Å²) in [5, 5.41) is 10.3. The van der Waals surface area contributed by atoms with E-state index in [2.05, 4.69) is 27.7 Å². The second-order valence-corrected chi connectivity index (χ2v) is 13.1. The third-order valence-electron chi connectivity index (χ3n) is 11.9. The fraction of sp³-hybridized carbons (Fsp3) is 1.00. The number of rotatable bonds is 0. The minimum Gasteiger partial charge on any atom is -0.393 e. The van der Waals surface area contributed by atoms with Crippen LogP contribution in [0.5, 0.6) is 0 Å². The van der Waals surface area contributed by atoms with Gasteiger partial charge in [0.2, 0.25) is 0 Å². The second-order valence-electron chi connectivity index (χ2n) is 13.1. The van der Waals surface area contributed by atoms with E-state index in [9.17, 15) is 5.11 Å². The van der Waals surface area contributed by atoms with E-state index in [0.717, 1.165) is 49.5 Å². The molecule has 12 atom stereocenters. The lowest BCUT2D eigenvalue weighted by atomic mass is 9.44. The molecule has 6 aliphatic rings. The summed E-state index contributed by atoms with van der Waals surface area (Å²) in [5.74, 6) is 4.93. The first-order chi connectivity index (χ1) is 14.3. The number of hydrogen-bond acceptors (Lipinski definition) is 3. The van der Waals surface area contributed by atoms with E-state index in [-0.39, 0.29) is 11.9 Å². The first kappa shape index (κ1) is 20.5. The zero-order chi connectivity index (χ0) is 20.9. The lowest BCUT2D eigenvalue weighted by Crippen LogP contribution is -2.55. The monoisotopic (exact) mass is 416 g/mol. The Balaban J connectivity index is 1.26. The van der Waals surface area contributed by atoms with Crippen LogP contribution in [0, 0.1) is 52.3 Å². The van der Waals surface area contributed by atoms with Crippen LogP contribution in [-0.2, 0) is 9.47 Å². The minimum atomic E-state index is -0.282. The molecule has 1 N–H and O–H groups in total. The van der Waals surface area contributed by atoms with Gasteiger partial charge in [-0.1, -0.05) is 27.7 Å². The van der Waals surface area contributed by atoms with Gasteiger partial charge in [0, 0.05) is 12.3 Å².